The first-order valence-corrected chi connectivity index (χ1v) is 6.72. The van der Waals surface area contributed by atoms with Gasteiger partial charge in [-0.05, 0) is 27.7 Å². The summed E-state index contributed by atoms with van der Waals surface area (Å²) in [5.74, 6) is -1.70. The summed E-state index contributed by atoms with van der Waals surface area (Å²) >= 11 is 3.90. The van der Waals surface area contributed by atoms with E-state index in [1.54, 1.807) is 20.8 Å². The van der Waals surface area contributed by atoms with E-state index in [4.69, 9.17) is 9.84 Å². The number of thiol groups is 1. The van der Waals surface area contributed by atoms with Gasteiger partial charge in [0.2, 0.25) is 5.91 Å². The summed E-state index contributed by atoms with van der Waals surface area (Å²) in [5, 5.41) is 11.3. The van der Waals surface area contributed by atoms with Gasteiger partial charge in [-0.1, -0.05) is 0 Å². The number of hydrogen-bond donors (Lipinski definition) is 3. The Morgan fingerprint density at radius 3 is 2.20 bits per heavy atom. The maximum absolute atomic E-state index is 12.0. The molecule has 0 aliphatic heterocycles. The van der Waals surface area contributed by atoms with Crippen LogP contribution < -0.4 is 5.32 Å². The van der Waals surface area contributed by atoms with Gasteiger partial charge in [0, 0.05) is 12.8 Å². The van der Waals surface area contributed by atoms with Gasteiger partial charge >= 0.3 is 12.1 Å². The van der Waals surface area contributed by atoms with E-state index < -0.39 is 35.7 Å². The molecule has 0 bridgehead atoms. The van der Waals surface area contributed by atoms with E-state index in [0.717, 1.165) is 4.90 Å². The number of ether oxygens (including phenoxy) is 1. The Hall–Kier alpha value is -1.44. The molecule has 116 valence electrons. The van der Waals surface area contributed by atoms with Crippen LogP contribution in [0.2, 0.25) is 0 Å². The lowest BCUT2D eigenvalue weighted by atomic mass is 10.2. The maximum atomic E-state index is 12.0. The number of carboxylic acid groups (broad SMARTS) is 1. The lowest BCUT2D eigenvalue weighted by Crippen LogP contribution is -2.52. The smallest absolute Gasteiger partial charge is 0.408 e. The van der Waals surface area contributed by atoms with Crippen LogP contribution in [0.3, 0.4) is 0 Å². The summed E-state index contributed by atoms with van der Waals surface area (Å²) in [7, 11) is 1.35. The number of hydrogen-bond acceptors (Lipinski definition) is 5. The highest BCUT2D eigenvalue weighted by atomic mass is 32.1. The molecule has 0 heterocycles. The minimum absolute atomic E-state index is 0.0171. The summed E-state index contributed by atoms with van der Waals surface area (Å²) in [4.78, 5) is 35.5. The lowest BCUT2D eigenvalue weighted by molar-refractivity contribution is -0.148. The van der Waals surface area contributed by atoms with Crippen LogP contribution in [0, 0.1) is 0 Å². The number of nitrogens with zero attached hydrogens (tertiary/aromatic N) is 1. The molecule has 20 heavy (non-hydrogen) atoms. The Bertz CT molecular complexity index is 381. The van der Waals surface area contributed by atoms with Crippen molar-refractivity contribution in [1.82, 2.24) is 10.2 Å². The molecule has 0 aliphatic carbocycles. The molecule has 0 fully saturated rings. The molecule has 0 aromatic carbocycles. The molecule has 0 aliphatic rings. The fraction of sp³-hybridized carbons (Fsp3) is 0.750. The third-order valence-electron chi connectivity index (χ3n) is 2.38. The SMILES string of the molecule is CC(NC(=O)OC(C)(C)C)C(=O)N(C)[C@@H](CS)C(=O)O. The highest BCUT2D eigenvalue weighted by Crippen LogP contribution is 2.08. The van der Waals surface area contributed by atoms with Crippen LogP contribution in [0.25, 0.3) is 0 Å². The van der Waals surface area contributed by atoms with E-state index >= 15 is 0 Å². The van der Waals surface area contributed by atoms with Crippen molar-refractivity contribution in [3.8, 4) is 0 Å². The van der Waals surface area contributed by atoms with E-state index in [9.17, 15) is 14.4 Å². The zero-order chi connectivity index (χ0) is 16.1. The molecule has 1 unspecified atom stereocenters. The Labute approximate surface area is 124 Å². The molecule has 0 rings (SSSR count). The second-order valence-corrected chi connectivity index (χ2v) is 5.72. The zero-order valence-corrected chi connectivity index (χ0v) is 13.2. The maximum Gasteiger partial charge on any atom is 0.408 e. The van der Waals surface area contributed by atoms with E-state index in [1.165, 1.54) is 14.0 Å². The Kier molecular flexibility index (Phi) is 6.84. The summed E-state index contributed by atoms with van der Waals surface area (Å²) in [5.41, 5.74) is -0.673. The fourth-order valence-electron chi connectivity index (χ4n) is 1.37. The quantitative estimate of drug-likeness (QED) is 0.651. The third kappa shape index (κ3) is 6.14. The molecular weight excluding hydrogens is 284 g/mol. The number of rotatable bonds is 5. The van der Waals surface area contributed by atoms with Crippen molar-refractivity contribution in [1.29, 1.82) is 0 Å². The predicted molar refractivity (Wildman–Crippen MR) is 76.9 cm³/mol. The summed E-state index contributed by atoms with van der Waals surface area (Å²) < 4.78 is 5.02. The Morgan fingerprint density at radius 2 is 1.85 bits per heavy atom. The van der Waals surface area contributed by atoms with E-state index in [2.05, 4.69) is 17.9 Å². The van der Waals surface area contributed by atoms with Crippen molar-refractivity contribution >= 4 is 30.6 Å². The number of likely N-dealkylation sites (N-methyl/N-ethyl adjacent to an activating group) is 1. The number of carbonyl (C=O) groups is 3. The van der Waals surface area contributed by atoms with E-state index in [0.29, 0.717) is 0 Å². The molecule has 0 saturated heterocycles. The molecule has 8 heteroatoms. The molecule has 2 N–H and O–H groups in total. The van der Waals surface area contributed by atoms with Gasteiger partial charge in [-0.25, -0.2) is 9.59 Å². The van der Waals surface area contributed by atoms with Gasteiger partial charge < -0.3 is 20.1 Å². The van der Waals surface area contributed by atoms with Gasteiger partial charge in [-0.2, -0.15) is 12.6 Å². The van der Waals surface area contributed by atoms with Gasteiger partial charge in [0.05, 0.1) is 0 Å². The molecule has 2 atom stereocenters. The van der Waals surface area contributed by atoms with E-state index in [1.807, 2.05) is 0 Å². The molecule has 7 nitrogen and oxygen atoms in total. The summed E-state index contributed by atoms with van der Waals surface area (Å²) in [6.45, 7) is 6.56. The van der Waals surface area contributed by atoms with Gasteiger partial charge in [-0.3, -0.25) is 4.79 Å². The van der Waals surface area contributed by atoms with Gasteiger partial charge in [0.25, 0.3) is 0 Å². The summed E-state index contributed by atoms with van der Waals surface area (Å²) in [6.07, 6.45) is -0.732. The Morgan fingerprint density at radius 1 is 1.35 bits per heavy atom. The minimum Gasteiger partial charge on any atom is -0.480 e. The minimum atomic E-state index is -1.15. The van der Waals surface area contributed by atoms with E-state index in [-0.39, 0.29) is 5.75 Å². The lowest BCUT2D eigenvalue weighted by Gasteiger charge is -2.27. The highest BCUT2D eigenvalue weighted by molar-refractivity contribution is 7.80. The van der Waals surface area contributed by atoms with Gasteiger partial charge in [0.1, 0.15) is 17.7 Å². The number of nitrogens with one attached hydrogen (secondary N) is 1. The second-order valence-electron chi connectivity index (χ2n) is 5.35. The monoisotopic (exact) mass is 306 g/mol. The average Bonchev–Trinajstić information content (AvgIpc) is 2.25. The second kappa shape index (κ2) is 7.37. The number of carboxylic acids is 1. The number of alkyl carbamates (subject to hydrolysis) is 1. The molecule has 0 aromatic rings. The van der Waals surface area contributed by atoms with Crippen LogP contribution in [-0.2, 0) is 14.3 Å². The topological polar surface area (TPSA) is 95.9 Å². The molecule has 2 amide bonds. The molecule has 0 spiro atoms. The van der Waals surface area contributed by atoms with Crippen LogP contribution in [0.4, 0.5) is 4.79 Å². The van der Waals surface area contributed by atoms with Crippen molar-refractivity contribution in [2.45, 2.75) is 45.4 Å². The first-order chi connectivity index (χ1) is 8.99. The summed E-state index contributed by atoms with van der Waals surface area (Å²) in [6, 6.07) is -1.94. The standard InChI is InChI=1S/C12H22N2O5S/c1-7(13-11(18)19-12(2,3)4)9(15)14(5)8(6-20)10(16)17/h7-8,20H,6H2,1-5H3,(H,13,18)(H,16,17)/t7?,8-/m0/s1. The van der Waals surface area contributed by atoms with Crippen molar-refractivity contribution in [2.24, 2.45) is 0 Å². The fourth-order valence-corrected chi connectivity index (χ4v) is 1.77. The average molecular weight is 306 g/mol. The predicted octanol–water partition coefficient (Wildman–Crippen LogP) is 0.741. The van der Waals surface area contributed by atoms with Crippen LogP contribution >= 0.6 is 12.6 Å². The van der Waals surface area contributed by atoms with Crippen molar-refractivity contribution < 1.29 is 24.2 Å². The van der Waals surface area contributed by atoms with Crippen molar-refractivity contribution in [2.75, 3.05) is 12.8 Å². The largest absolute Gasteiger partial charge is 0.480 e. The third-order valence-corrected chi connectivity index (χ3v) is 2.72. The highest BCUT2D eigenvalue weighted by Gasteiger charge is 2.29. The first-order valence-electron chi connectivity index (χ1n) is 6.09. The molecular formula is C12H22N2O5S. The van der Waals surface area contributed by atoms with Gasteiger partial charge in [0.15, 0.2) is 0 Å². The first kappa shape index (κ1) is 18.6. The Balaban J connectivity index is 4.62. The van der Waals surface area contributed by atoms with Crippen LogP contribution in [0.1, 0.15) is 27.7 Å². The number of amides is 2. The van der Waals surface area contributed by atoms with Crippen LogP contribution in [0.5, 0.6) is 0 Å². The molecule has 0 saturated carbocycles. The van der Waals surface area contributed by atoms with Crippen LogP contribution in [0.15, 0.2) is 0 Å². The van der Waals surface area contributed by atoms with Crippen molar-refractivity contribution in [3.63, 3.8) is 0 Å². The normalized spacial score (nSPS) is 14.1. The number of carbonyl (C=O) groups excluding carboxylic acids is 2. The zero-order valence-electron chi connectivity index (χ0n) is 12.3. The van der Waals surface area contributed by atoms with Crippen LogP contribution in [-0.4, -0.2) is 58.5 Å². The molecule has 0 radical (unpaired) electrons. The number of aliphatic carboxylic acids is 1. The molecule has 0 aromatic heterocycles. The van der Waals surface area contributed by atoms with Crippen molar-refractivity contribution in [3.05, 3.63) is 0 Å². The van der Waals surface area contributed by atoms with Gasteiger partial charge in [-0.15, -0.1) is 0 Å².